The van der Waals surface area contributed by atoms with E-state index in [1.165, 1.54) is 6.42 Å². The lowest BCUT2D eigenvalue weighted by molar-refractivity contribution is 0.577. The van der Waals surface area contributed by atoms with Crippen LogP contribution in [0.4, 0.5) is 20.4 Å². The van der Waals surface area contributed by atoms with Gasteiger partial charge >= 0.3 is 0 Å². The molecule has 0 spiro atoms. The van der Waals surface area contributed by atoms with E-state index in [1.54, 1.807) is 0 Å². The number of hydrogen-bond acceptors (Lipinski definition) is 3. The van der Waals surface area contributed by atoms with Gasteiger partial charge in [0.25, 0.3) is 0 Å². The fourth-order valence-electron chi connectivity index (χ4n) is 1.64. The van der Waals surface area contributed by atoms with E-state index in [4.69, 9.17) is 0 Å². The molecule has 0 atom stereocenters. The molecule has 1 aromatic rings. The van der Waals surface area contributed by atoms with Gasteiger partial charge in [-0.2, -0.15) is 0 Å². The number of rotatable bonds is 8. The Bertz CT molecular complexity index is 369. The smallest absolute Gasteiger partial charge is 0.168 e. The number of anilines is 2. The second-order valence-corrected chi connectivity index (χ2v) is 4.17. The third-order valence-corrected chi connectivity index (χ3v) is 2.60. The van der Waals surface area contributed by atoms with Crippen LogP contribution in [0.15, 0.2) is 6.07 Å². The van der Waals surface area contributed by atoms with Gasteiger partial charge in [0.05, 0.1) is 0 Å². The van der Waals surface area contributed by atoms with Crippen LogP contribution < -0.4 is 10.6 Å². The number of aromatic nitrogens is 1. The number of unbranched alkanes of at least 4 members (excludes halogenated alkanes) is 3. The summed E-state index contributed by atoms with van der Waals surface area (Å²) in [5.41, 5.74) is 0. The molecule has 0 saturated carbocycles. The van der Waals surface area contributed by atoms with Crippen molar-refractivity contribution in [3.63, 3.8) is 0 Å². The van der Waals surface area contributed by atoms with Crippen LogP contribution in [0.25, 0.3) is 0 Å². The molecule has 5 heteroatoms. The first-order valence-electron chi connectivity index (χ1n) is 6.52. The second kappa shape index (κ2) is 7.84. The Morgan fingerprint density at radius 3 is 2.28 bits per heavy atom. The van der Waals surface area contributed by atoms with Gasteiger partial charge in [0.15, 0.2) is 23.3 Å². The summed E-state index contributed by atoms with van der Waals surface area (Å²) >= 11 is 0. The minimum Gasteiger partial charge on any atom is -0.368 e. The molecule has 1 heterocycles. The van der Waals surface area contributed by atoms with Crippen LogP contribution in [-0.4, -0.2) is 18.1 Å². The largest absolute Gasteiger partial charge is 0.368 e. The molecule has 0 aliphatic carbocycles. The first kappa shape index (κ1) is 14.7. The third kappa shape index (κ3) is 4.47. The maximum atomic E-state index is 13.5. The molecular formula is C13H21F2N3. The fraction of sp³-hybridized carbons (Fsp3) is 0.615. The molecule has 1 aromatic heterocycles. The zero-order valence-electron chi connectivity index (χ0n) is 11.0. The predicted molar refractivity (Wildman–Crippen MR) is 70.9 cm³/mol. The summed E-state index contributed by atoms with van der Waals surface area (Å²) in [6, 6.07) is 0.860. The van der Waals surface area contributed by atoms with Crippen LogP contribution in [0, 0.1) is 11.6 Å². The standard InChI is InChI=1S/C13H21F2N3/c1-3-5-6-7-8-17-13-11(15)9-10(14)12(18-13)16-4-2/h9H,3-8H2,1-2H3,(H2,16,17,18). The van der Waals surface area contributed by atoms with E-state index < -0.39 is 11.6 Å². The van der Waals surface area contributed by atoms with Crippen LogP contribution in [0.5, 0.6) is 0 Å². The quantitative estimate of drug-likeness (QED) is 0.696. The number of pyridine rings is 1. The molecule has 0 amide bonds. The van der Waals surface area contributed by atoms with Crippen LogP contribution >= 0.6 is 0 Å². The van der Waals surface area contributed by atoms with E-state index in [-0.39, 0.29) is 11.6 Å². The van der Waals surface area contributed by atoms with E-state index in [2.05, 4.69) is 22.5 Å². The summed E-state index contributed by atoms with van der Waals surface area (Å²) in [6.07, 6.45) is 4.40. The first-order chi connectivity index (χ1) is 8.69. The summed E-state index contributed by atoms with van der Waals surface area (Å²) in [6.45, 7) is 5.17. The van der Waals surface area contributed by atoms with Gasteiger partial charge < -0.3 is 10.6 Å². The molecule has 0 bridgehead atoms. The van der Waals surface area contributed by atoms with Gasteiger partial charge in [0.2, 0.25) is 0 Å². The maximum Gasteiger partial charge on any atom is 0.168 e. The Morgan fingerprint density at radius 1 is 1.00 bits per heavy atom. The van der Waals surface area contributed by atoms with Gasteiger partial charge in [-0.1, -0.05) is 26.2 Å². The topological polar surface area (TPSA) is 37.0 Å². The van der Waals surface area contributed by atoms with Gasteiger partial charge in [-0.05, 0) is 13.3 Å². The lowest BCUT2D eigenvalue weighted by Crippen LogP contribution is -2.09. The summed E-state index contributed by atoms with van der Waals surface area (Å²) in [5, 5.41) is 5.67. The Kier molecular flexibility index (Phi) is 6.39. The zero-order valence-corrected chi connectivity index (χ0v) is 11.0. The monoisotopic (exact) mass is 257 g/mol. The highest BCUT2D eigenvalue weighted by Crippen LogP contribution is 2.18. The average Bonchev–Trinajstić information content (AvgIpc) is 2.34. The van der Waals surface area contributed by atoms with Crippen LogP contribution in [-0.2, 0) is 0 Å². The normalized spacial score (nSPS) is 10.4. The van der Waals surface area contributed by atoms with E-state index in [0.717, 1.165) is 25.3 Å². The highest BCUT2D eigenvalue weighted by Gasteiger charge is 2.10. The number of hydrogen-bond donors (Lipinski definition) is 2. The number of nitrogens with one attached hydrogen (secondary N) is 2. The molecule has 102 valence electrons. The average molecular weight is 257 g/mol. The van der Waals surface area contributed by atoms with E-state index in [1.807, 2.05) is 6.92 Å². The van der Waals surface area contributed by atoms with Crippen molar-refractivity contribution >= 4 is 11.6 Å². The van der Waals surface area contributed by atoms with Gasteiger partial charge in [-0.3, -0.25) is 0 Å². The molecule has 0 saturated heterocycles. The Labute approximate surface area is 107 Å². The van der Waals surface area contributed by atoms with Crippen molar-refractivity contribution in [2.75, 3.05) is 23.7 Å². The van der Waals surface area contributed by atoms with Crippen molar-refractivity contribution in [3.8, 4) is 0 Å². The SMILES string of the molecule is CCCCCCNc1nc(NCC)c(F)cc1F. The van der Waals surface area contributed by atoms with Crippen LogP contribution in [0.1, 0.15) is 39.5 Å². The predicted octanol–water partition coefficient (Wildman–Crippen LogP) is 3.78. The lowest BCUT2D eigenvalue weighted by atomic mass is 10.2. The van der Waals surface area contributed by atoms with Crippen molar-refractivity contribution in [1.82, 2.24) is 4.98 Å². The minimum absolute atomic E-state index is 0.0926. The number of halogens is 2. The summed E-state index contributed by atoms with van der Waals surface area (Å²) in [5.74, 6) is -1.10. The third-order valence-electron chi connectivity index (χ3n) is 2.60. The highest BCUT2D eigenvalue weighted by atomic mass is 19.1. The molecule has 18 heavy (non-hydrogen) atoms. The van der Waals surface area contributed by atoms with Crippen molar-refractivity contribution in [1.29, 1.82) is 0 Å². The summed E-state index contributed by atoms with van der Waals surface area (Å²) in [4.78, 5) is 3.91. The molecule has 0 aliphatic rings. The Morgan fingerprint density at radius 2 is 1.67 bits per heavy atom. The fourth-order valence-corrected chi connectivity index (χ4v) is 1.64. The molecular weight excluding hydrogens is 236 g/mol. The van der Waals surface area contributed by atoms with Gasteiger partial charge in [-0.25, -0.2) is 13.8 Å². The number of nitrogens with zero attached hydrogens (tertiary/aromatic N) is 1. The molecule has 1 rings (SSSR count). The first-order valence-corrected chi connectivity index (χ1v) is 6.52. The second-order valence-electron chi connectivity index (χ2n) is 4.17. The van der Waals surface area contributed by atoms with Crippen LogP contribution in [0.2, 0.25) is 0 Å². The van der Waals surface area contributed by atoms with E-state index >= 15 is 0 Å². The van der Waals surface area contributed by atoms with E-state index in [9.17, 15) is 8.78 Å². The molecule has 0 aliphatic heterocycles. The Balaban J connectivity index is 2.56. The van der Waals surface area contributed by atoms with Gasteiger partial charge in [0.1, 0.15) is 0 Å². The molecule has 0 aromatic carbocycles. The molecule has 0 unspecified atom stereocenters. The minimum atomic E-state index is -0.661. The lowest BCUT2D eigenvalue weighted by Gasteiger charge is -2.10. The van der Waals surface area contributed by atoms with Crippen molar-refractivity contribution in [2.24, 2.45) is 0 Å². The highest BCUT2D eigenvalue weighted by molar-refractivity contribution is 5.47. The van der Waals surface area contributed by atoms with Crippen molar-refractivity contribution in [2.45, 2.75) is 39.5 Å². The molecule has 0 fully saturated rings. The maximum absolute atomic E-state index is 13.5. The van der Waals surface area contributed by atoms with Crippen molar-refractivity contribution < 1.29 is 8.78 Å². The van der Waals surface area contributed by atoms with Crippen LogP contribution in [0.3, 0.4) is 0 Å². The molecule has 2 N–H and O–H groups in total. The van der Waals surface area contributed by atoms with E-state index in [0.29, 0.717) is 13.1 Å². The van der Waals surface area contributed by atoms with Gasteiger partial charge in [0, 0.05) is 19.2 Å². The Hall–Kier alpha value is -1.39. The van der Waals surface area contributed by atoms with Crippen molar-refractivity contribution in [3.05, 3.63) is 17.7 Å². The zero-order chi connectivity index (χ0) is 13.4. The molecule has 3 nitrogen and oxygen atoms in total. The molecule has 0 radical (unpaired) electrons. The van der Waals surface area contributed by atoms with Gasteiger partial charge in [-0.15, -0.1) is 0 Å². The summed E-state index contributed by atoms with van der Waals surface area (Å²) < 4.78 is 26.8. The summed E-state index contributed by atoms with van der Waals surface area (Å²) in [7, 11) is 0.